The SMILES string of the molecule is CC.CNC(C(N)=O)c1ccccc1Cl. The van der Waals surface area contributed by atoms with E-state index in [-0.39, 0.29) is 0 Å². The van der Waals surface area contributed by atoms with Crippen LogP contribution >= 0.6 is 11.6 Å². The van der Waals surface area contributed by atoms with E-state index >= 15 is 0 Å². The van der Waals surface area contributed by atoms with Gasteiger partial charge in [0.1, 0.15) is 6.04 Å². The van der Waals surface area contributed by atoms with Gasteiger partial charge < -0.3 is 11.1 Å². The highest BCUT2D eigenvalue weighted by Gasteiger charge is 2.17. The molecule has 3 N–H and O–H groups in total. The Balaban J connectivity index is 0.000000921. The molecule has 0 fully saturated rings. The number of likely N-dealkylation sites (N-methyl/N-ethyl adjacent to an activating group) is 1. The molecule has 0 aliphatic heterocycles. The van der Waals surface area contributed by atoms with Crippen molar-refractivity contribution in [3.8, 4) is 0 Å². The molecular weight excluding hydrogens is 212 g/mol. The number of hydrogen-bond acceptors (Lipinski definition) is 2. The summed E-state index contributed by atoms with van der Waals surface area (Å²) in [5, 5.41) is 3.34. The number of rotatable bonds is 3. The number of carbonyl (C=O) groups excluding carboxylic acids is 1. The standard InChI is InChI=1S/C9H11ClN2O.C2H6/c1-12-8(9(11)13)6-4-2-3-5-7(6)10;1-2/h2-5,8,12H,1H3,(H2,11,13);1-2H3. The first-order valence-electron chi connectivity index (χ1n) is 4.88. The summed E-state index contributed by atoms with van der Waals surface area (Å²) in [6.07, 6.45) is 0. The van der Waals surface area contributed by atoms with E-state index in [9.17, 15) is 4.79 Å². The Morgan fingerprint density at radius 3 is 2.33 bits per heavy atom. The Morgan fingerprint density at radius 2 is 1.93 bits per heavy atom. The molecule has 1 aromatic rings. The zero-order valence-electron chi connectivity index (χ0n) is 9.25. The Hall–Kier alpha value is -1.06. The van der Waals surface area contributed by atoms with Gasteiger partial charge >= 0.3 is 0 Å². The maximum Gasteiger partial charge on any atom is 0.239 e. The predicted molar refractivity (Wildman–Crippen MR) is 63.8 cm³/mol. The number of benzene rings is 1. The molecule has 0 saturated carbocycles. The average molecular weight is 229 g/mol. The molecule has 0 aliphatic carbocycles. The Kier molecular flexibility index (Phi) is 6.75. The summed E-state index contributed by atoms with van der Waals surface area (Å²) in [5.41, 5.74) is 5.90. The summed E-state index contributed by atoms with van der Waals surface area (Å²) in [7, 11) is 1.67. The van der Waals surface area contributed by atoms with Gasteiger partial charge in [-0.3, -0.25) is 4.79 Å². The summed E-state index contributed by atoms with van der Waals surface area (Å²) in [5.74, 6) is -0.435. The van der Waals surface area contributed by atoms with E-state index in [1.807, 2.05) is 19.9 Å². The maximum absolute atomic E-state index is 11.0. The molecule has 0 heterocycles. The van der Waals surface area contributed by atoms with Gasteiger partial charge in [-0.1, -0.05) is 43.6 Å². The van der Waals surface area contributed by atoms with Crippen LogP contribution < -0.4 is 11.1 Å². The predicted octanol–water partition coefficient (Wildman–Crippen LogP) is 2.11. The second kappa shape index (κ2) is 7.26. The van der Waals surface area contributed by atoms with Gasteiger partial charge in [-0.05, 0) is 18.7 Å². The van der Waals surface area contributed by atoms with E-state index in [1.54, 1.807) is 25.2 Å². The molecule has 0 spiro atoms. The minimum Gasteiger partial charge on any atom is -0.368 e. The van der Waals surface area contributed by atoms with Crippen molar-refractivity contribution in [2.45, 2.75) is 19.9 Å². The van der Waals surface area contributed by atoms with Crippen LogP contribution in [0.2, 0.25) is 5.02 Å². The van der Waals surface area contributed by atoms with Crippen molar-refractivity contribution in [1.29, 1.82) is 0 Å². The third-order valence-electron chi connectivity index (χ3n) is 1.79. The van der Waals surface area contributed by atoms with Gasteiger partial charge in [0.25, 0.3) is 0 Å². The van der Waals surface area contributed by atoms with E-state index in [0.717, 1.165) is 0 Å². The summed E-state index contributed by atoms with van der Waals surface area (Å²) >= 11 is 5.89. The first-order valence-corrected chi connectivity index (χ1v) is 5.25. The molecule has 0 aliphatic rings. The van der Waals surface area contributed by atoms with Crippen molar-refractivity contribution in [1.82, 2.24) is 5.32 Å². The van der Waals surface area contributed by atoms with Crippen LogP contribution in [0.1, 0.15) is 25.5 Å². The molecule has 0 bridgehead atoms. The van der Waals surface area contributed by atoms with E-state index in [2.05, 4.69) is 5.32 Å². The second-order valence-electron chi connectivity index (χ2n) is 2.65. The molecule has 15 heavy (non-hydrogen) atoms. The number of primary amides is 1. The number of nitrogens with one attached hydrogen (secondary N) is 1. The second-order valence-corrected chi connectivity index (χ2v) is 3.05. The van der Waals surface area contributed by atoms with Gasteiger partial charge in [-0.15, -0.1) is 0 Å². The molecule has 1 rings (SSSR count). The number of halogens is 1. The van der Waals surface area contributed by atoms with Crippen LogP contribution in [0.5, 0.6) is 0 Å². The number of amides is 1. The van der Waals surface area contributed by atoms with Crippen molar-refractivity contribution >= 4 is 17.5 Å². The summed E-state index contributed by atoms with van der Waals surface area (Å²) in [6, 6.07) is 6.60. The van der Waals surface area contributed by atoms with Crippen LogP contribution in [0.4, 0.5) is 0 Å². The highest BCUT2D eigenvalue weighted by molar-refractivity contribution is 6.31. The van der Waals surface area contributed by atoms with Crippen molar-refractivity contribution in [3.05, 3.63) is 34.9 Å². The Morgan fingerprint density at radius 1 is 1.40 bits per heavy atom. The lowest BCUT2D eigenvalue weighted by molar-refractivity contribution is -0.120. The smallest absolute Gasteiger partial charge is 0.239 e. The molecule has 0 saturated heterocycles. The van der Waals surface area contributed by atoms with Crippen molar-refractivity contribution in [2.75, 3.05) is 7.05 Å². The van der Waals surface area contributed by atoms with Crippen molar-refractivity contribution in [2.24, 2.45) is 5.73 Å². The molecule has 0 aromatic heterocycles. The topological polar surface area (TPSA) is 55.1 Å². The monoisotopic (exact) mass is 228 g/mol. The molecule has 1 unspecified atom stereocenters. The molecule has 84 valence electrons. The average Bonchev–Trinajstić information content (AvgIpc) is 2.24. The van der Waals surface area contributed by atoms with Crippen LogP contribution in [0, 0.1) is 0 Å². The lowest BCUT2D eigenvalue weighted by atomic mass is 10.1. The third kappa shape index (κ3) is 3.90. The highest BCUT2D eigenvalue weighted by Crippen LogP contribution is 2.21. The lowest BCUT2D eigenvalue weighted by Crippen LogP contribution is -2.31. The van der Waals surface area contributed by atoms with E-state index in [1.165, 1.54) is 0 Å². The fraction of sp³-hybridized carbons (Fsp3) is 0.364. The number of nitrogens with two attached hydrogens (primary N) is 1. The third-order valence-corrected chi connectivity index (χ3v) is 2.13. The van der Waals surface area contributed by atoms with Crippen LogP contribution in [0.3, 0.4) is 0 Å². The minimum atomic E-state index is -0.520. The number of carbonyl (C=O) groups is 1. The molecule has 1 amide bonds. The quantitative estimate of drug-likeness (QED) is 0.833. The maximum atomic E-state index is 11.0. The zero-order chi connectivity index (χ0) is 11.8. The normalized spacial score (nSPS) is 11.2. The molecule has 0 radical (unpaired) electrons. The summed E-state index contributed by atoms with van der Waals surface area (Å²) in [4.78, 5) is 11.0. The fourth-order valence-corrected chi connectivity index (χ4v) is 1.41. The van der Waals surface area contributed by atoms with Gasteiger partial charge in [-0.25, -0.2) is 0 Å². The zero-order valence-corrected chi connectivity index (χ0v) is 10.0. The van der Waals surface area contributed by atoms with Crippen LogP contribution in [-0.4, -0.2) is 13.0 Å². The lowest BCUT2D eigenvalue weighted by Gasteiger charge is -2.13. The van der Waals surface area contributed by atoms with Gasteiger partial charge in [0.2, 0.25) is 5.91 Å². The van der Waals surface area contributed by atoms with Crippen LogP contribution in [0.15, 0.2) is 24.3 Å². The molecular formula is C11H17ClN2O. The Bertz CT molecular complexity index is 315. The molecule has 4 heteroatoms. The fourth-order valence-electron chi connectivity index (χ4n) is 1.16. The Labute approximate surface area is 95.6 Å². The van der Waals surface area contributed by atoms with E-state index < -0.39 is 11.9 Å². The van der Waals surface area contributed by atoms with E-state index in [4.69, 9.17) is 17.3 Å². The first-order chi connectivity index (χ1) is 7.16. The molecule has 1 atom stereocenters. The van der Waals surface area contributed by atoms with Crippen molar-refractivity contribution in [3.63, 3.8) is 0 Å². The number of hydrogen-bond donors (Lipinski definition) is 2. The summed E-state index contributed by atoms with van der Waals surface area (Å²) in [6.45, 7) is 4.00. The van der Waals surface area contributed by atoms with E-state index in [0.29, 0.717) is 10.6 Å². The molecule has 1 aromatic carbocycles. The highest BCUT2D eigenvalue weighted by atomic mass is 35.5. The molecule has 3 nitrogen and oxygen atoms in total. The van der Waals surface area contributed by atoms with Crippen molar-refractivity contribution < 1.29 is 4.79 Å². The summed E-state index contributed by atoms with van der Waals surface area (Å²) < 4.78 is 0. The van der Waals surface area contributed by atoms with Gasteiger partial charge in [0.05, 0.1) is 0 Å². The largest absolute Gasteiger partial charge is 0.368 e. The minimum absolute atomic E-state index is 0.435. The van der Waals surface area contributed by atoms with Gasteiger partial charge in [0.15, 0.2) is 0 Å². The van der Waals surface area contributed by atoms with Crippen LogP contribution in [-0.2, 0) is 4.79 Å². The van der Waals surface area contributed by atoms with Gasteiger partial charge in [-0.2, -0.15) is 0 Å². The van der Waals surface area contributed by atoms with Gasteiger partial charge in [0, 0.05) is 5.02 Å². The first kappa shape index (κ1) is 13.9. The van der Waals surface area contributed by atoms with Crippen LogP contribution in [0.25, 0.3) is 0 Å².